The number of fused-ring (bicyclic) bond motifs is 1. The minimum Gasteiger partial charge on any atom is -0.381 e. The number of ether oxygens (including phenoxy) is 1. The lowest BCUT2D eigenvalue weighted by Crippen LogP contribution is -2.33. The molecule has 0 spiro atoms. The molecule has 0 unspecified atom stereocenters. The van der Waals surface area contributed by atoms with E-state index in [1.165, 1.54) is 0 Å². The Balaban J connectivity index is 2.10. The second kappa shape index (κ2) is 4.40. The third kappa shape index (κ3) is 1.75. The van der Waals surface area contributed by atoms with E-state index in [1.807, 2.05) is 36.4 Å². The molecule has 0 atom stereocenters. The first-order valence-corrected chi connectivity index (χ1v) is 6.19. The SMILES string of the molecule is N#CC1(c2ccc3ccccc3n2)CCOCC1. The predicted octanol–water partition coefficient (Wildman–Crippen LogP) is 2.81. The summed E-state index contributed by atoms with van der Waals surface area (Å²) in [6.45, 7) is 1.28. The van der Waals surface area contributed by atoms with Crippen molar-refractivity contribution in [1.82, 2.24) is 4.98 Å². The standard InChI is InChI=1S/C15H14N2O/c16-11-15(7-9-18-10-8-15)14-6-5-12-3-1-2-4-13(12)17-14/h1-6H,7-10H2. The average molecular weight is 238 g/mol. The van der Waals surface area contributed by atoms with Gasteiger partial charge in [0.15, 0.2) is 0 Å². The maximum Gasteiger partial charge on any atom is 0.104 e. The Bertz CT molecular complexity index is 609. The Morgan fingerprint density at radius 3 is 2.67 bits per heavy atom. The van der Waals surface area contributed by atoms with E-state index in [0.717, 1.165) is 29.4 Å². The van der Waals surface area contributed by atoms with E-state index in [9.17, 15) is 5.26 Å². The number of hydrogen-bond donors (Lipinski definition) is 0. The highest BCUT2D eigenvalue weighted by atomic mass is 16.5. The summed E-state index contributed by atoms with van der Waals surface area (Å²) in [5.41, 5.74) is 1.37. The molecule has 1 aliphatic heterocycles. The van der Waals surface area contributed by atoms with Crippen molar-refractivity contribution in [1.29, 1.82) is 5.26 Å². The van der Waals surface area contributed by atoms with Gasteiger partial charge in [0, 0.05) is 18.6 Å². The Morgan fingerprint density at radius 2 is 1.89 bits per heavy atom. The summed E-state index contributed by atoms with van der Waals surface area (Å²) < 4.78 is 5.36. The van der Waals surface area contributed by atoms with E-state index in [2.05, 4.69) is 11.1 Å². The van der Waals surface area contributed by atoms with Gasteiger partial charge in [0.2, 0.25) is 0 Å². The molecular formula is C15H14N2O. The van der Waals surface area contributed by atoms with Gasteiger partial charge in [-0.2, -0.15) is 5.26 Å². The lowest BCUT2D eigenvalue weighted by molar-refractivity contribution is 0.0664. The molecule has 0 aliphatic carbocycles. The molecule has 2 aromatic rings. The fourth-order valence-corrected chi connectivity index (χ4v) is 2.48. The van der Waals surface area contributed by atoms with Gasteiger partial charge in [-0.1, -0.05) is 24.3 Å². The molecule has 0 radical (unpaired) electrons. The van der Waals surface area contributed by atoms with Gasteiger partial charge in [-0.15, -0.1) is 0 Å². The van der Waals surface area contributed by atoms with Crippen molar-refractivity contribution in [2.45, 2.75) is 18.3 Å². The van der Waals surface area contributed by atoms with Crippen LogP contribution in [-0.4, -0.2) is 18.2 Å². The van der Waals surface area contributed by atoms with Crippen LogP contribution in [0.2, 0.25) is 0 Å². The van der Waals surface area contributed by atoms with Crippen molar-refractivity contribution >= 4 is 10.9 Å². The first-order chi connectivity index (χ1) is 8.84. The molecule has 90 valence electrons. The predicted molar refractivity (Wildman–Crippen MR) is 69.1 cm³/mol. The molecule has 0 N–H and O–H groups in total. The molecule has 18 heavy (non-hydrogen) atoms. The molecule has 0 bridgehead atoms. The molecule has 2 heterocycles. The molecule has 3 rings (SSSR count). The van der Waals surface area contributed by atoms with Crippen LogP contribution in [0.25, 0.3) is 10.9 Å². The van der Waals surface area contributed by atoms with E-state index >= 15 is 0 Å². The van der Waals surface area contributed by atoms with Crippen LogP contribution in [0, 0.1) is 11.3 Å². The van der Waals surface area contributed by atoms with Crippen LogP contribution in [0.1, 0.15) is 18.5 Å². The molecule has 1 saturated heterocycles. The largest absolute Gasteiger partial charge is 0.381 e. The molecule has 1 fully saturated rings. The summed E-state index contributed by atoms with van der Waals surface area (Å²) in [7, 11) is 0. The number of nitrogens with zero attached hydrogens (tertiary/aromatic N) is 2. The van der Waals surface area contributed by atoms with Crippen molar-refractivity contribution in [3.63, 3.8) is 0 Å². The van der Waals surface area contributed by atoms with Gasteiger partial charge in [-0.3, -0.25) is 4.98 Å². The maximum atomic E-state index is 9.52. The molecule has 0 amide bonds. The van der Waals surface area contributed by atoms with Crippen molar-refractivity contribution in [3.05, 3.63) is 42.1 Å². The molecule has 3 heteroatoms. The van der Waals surface area contributed by atoms with Gasteiger partial charge in [-0.25, -0.2) is 0 Å². The van der Waals surface area contributed by atoms with Gasteiger partial charge >= 0.3 is 0 Å². The van der Waals surface area contributed by atoms with Gasteiger partial charge in [0.05, 0.1) is 17.3 Å². The topological polar surface area (TPSA) is 45.9 Å². The average Bonchev–Trinajstić information content (AvgIpc) is 2.47. The Hall–Kier alpha value is -1.92. The first-order valence-electron chi connectivity index (χ1n) is 6.19. The summed E-state index contributed by atoms with van der Waals surface area (Å²) >= 11 is 0. The quantitative estimate of drug-likeness (QED) is 0.767. The van der Waals surface area contributed by atoms with Crippen molar-refractivity contribution in [2.75, 3.05) is 13.2 Å². The number of benzene rings is 1. The van der Waals surface area contributed by atoms with Gasteiger partial charge in [0.25, 0.3) is 0 Å². The van der Waals surface area contributed by atoms with Crippen LogP contribution in [0.4, 0.5) is 0 Å². The molecular weight excluding hydrogens is 224 g/mol. The van der Waals surface area contributed by atoms with Crippen molar-refractivity contribution in [2.24, 2.45) is 0 Å². The number of pyridine rings is 1. The second-order valence-electron chi connectivity index (χ2n) is 4.70. The zero-order valence-electron chi connectivity index (χ0n) is 10.1. The second-order valence-corrected chi connectivity index (χ2v) is 4.70. The zero-order valence-corrected chi connectivity index (χ0v) is 10.1. The van der Waals surface area contributed by atoms with Crippen LogP contribution in [0.5, 0.6) is 0 Å². The highest BCUT2D eigenvalue weighted by Gasteiger charge is 2.36. The first kappa shape index (κ1) is 11.2. The molecule has 0 saturated carbocycles. The summed E-state index contributed by atoms with van der Waals surface area (Å²) in [6.07, 6.45) is 1.46. The van der Waals surface area contributed by atoms with E-state index in [0.29, 0.717) is 13.2 Å². The fourth-order valence-electron chi connectivity index (χ4n) is 2.48. The Kier molecular flexibility index (Phi) is 2.73. The highest BCUT2D eigenvalue weighted by molar-refractivity contribution is 5.78. The number of aromatic nitrogens is 1. The van der Waals surface area contributed by atoms with Crippen LogP contribution in [0.15, 0.2) is 36.4 Å². The molecule has 1 aromatic heterocycles. The normalized spacial score (nSPS) is 18.4. The molecule has 1 aromatic carbocycles. The number of rotatable bonds is 1. The van der Waals surface area contributed by atoms with Crippen LogP contribution in [-0.2, 0) is 10.2 Å². The summed E-state index contributed by atoms with van der Waals surface area (Å²) in [5, 5.41) is 10.6. The van der Waals surface area contributed by atoms with Crippen LogP contribution < -0.4 is 0 Å². The van der Waals surface area contributed by atoms with Crippen molar-refractivity contribution < 1.29 is 4.74 Å². The third-order valence-corrected chi connectivity index (χ3v) is 3.65. The lowest BCUT2D eigenvalue weighted by atomic mass is 9.78. The van der Waals surface area contributed by atoms with E-state index in [4.69, 9.17) is 4.74 Å². The Morgan fingerprint density at radius 1 is 1.11 bits per heavy atom. The fraction of sp³-hybridized carbons (Fsp3) is 0.333. The lowest BCUT2D eigenvalue weighted by Gasteiger charge is -2.30. The number of para-hydroxylation sites is 1. The monoisotopic (exact) mass is 238 g/mol. The maximum absolute atomic E-state index is 9.52. The van der Waals surface area contributed by atoms with E-state index < -0.39 is 5.41 Å². The summed E-state index contributed by atoms with van der Waals surface area (Å²) in [6, 6.07) is 14.5. The summed E-state index contributed by atoms with van der Waals surface area (Å²) in [4.78, 5) is 4.66. The van der Waals surface area contributed by atoms with E-state index in [1.54, 1.807) is 0 Å². The minimum absolute atomic E-state index is 0.470. The highest BCUT2D eigenvalue weighted by Crippen LogP contribution is 2.33. The van der Waals surface area contributed by atoms with Gasteiger partial charge in [0.1, 0.15) is 5.41 Å². The number of nitriles is 1. The summed E-state index contributed by atoms with van der Waals surface area (Å²) in [5.74, 6) is 0. The molecule has 3 nitrogen and oxygen atoms in total. The zero-order chi connectivity index (χ0) is 12.4. The Labute approximate surface area is 106 Å². The molecule has 1 aliphatic rings. The van der Waals surface area contributed by atoms with Crippen LogP contribution in [0.3, 0.4) is 0 Å². The smallest absolute Gasteiger partial charge is 0.104 e. The van der Waals surface area contributed by atoms with Gasteiger partial charge < -0.3 is 4.74 Å². The number of hydrogen-bond acceptors (Lipinski definition) is 3. The van der Waals surface area contributed by atoms with E-state index in [-0.39, 0.29) is 0 Å². The van der Waals surface area contributed by atoms with Gasteiger partial charge in [-0.05, 0) is 25.0 Å². The van der Waals surface area contributed by atoms with Crippen molar-refractivity contribution in [3.8, 4) is 6.07 Å². The minimum atomic E-state index is -0.470. The van der Waals surface area contributed by atoms with Crippen LogP contribution >= 0.6 is 0 Å². The third-order valence-electron chi connectivity index (χ3n) is 3.65.